The van der Waals surface area contributed by atoms with E-state index in [-0.39, 0.29) is 11.0 Å². The van der Waals surface area contributed by atoms with E-state index in [9.17, 15) is 8.42 Å². The van der Waals surface area contributed by atoms with E-state index in [1.807, 2.05) is 18.2 Å². The van der Waals surface area contributed by atoms with Gasteiger partial charge in [-0.2, -0.15) is 0 Å². The number of pyridine rings is 1. The molecule has 134 valence electrons. The Hall–Kier alpha value is -2.78. The Kier molecular flexibility index (Phi) is 4.39. The van der Waals surface area contributed by atoms with Gasteiger partial charge in [0.1, 0.15) is 10.0 Å². The largest absolute Gasteiger partial charge is 0.454 e. The lowest BCUT2D eigenvalue weighted by atomic mass is 10.2. The lowest BCUT2D eigenvalue weighted by Crippen LogP contribution is -2.11. The van der Waals surface area contributed by atoms with Crippen LogP contribution in [0.2, 0.25) is 0 Å². The molecule has 26 heavy (non-hydrogen) atoms. The van der Waals surface area contributed by atoms with E-state index in [0.29, 0.717) is 18.1 Å². The normalized spacial score (nSPS) is 12.8. The number of fused-ring (bicyclic) bond motifs is 1. The summed E-state index contributed by atoms with van der Waals surface area (Å²) in [7, 11) is -3.56. The van der Waals surface area contributed by atoms with Crippen molar-refractivity contribution in [2.24, 2.45) is 0 Å². The first-order valence-corrected chi connectivity index (χ1v) is 10.1. The average molecular weight is 389 g/mol. The minimum absolute atomic E-state index is 0.247. The molecule has 0 bridgehead atoms. The Morgan fingerprint density at radius 1 is 1.12 bits per heavy atom. The summed E-state index contributed by atoms with van der Waals surface area (Å²) in [6.07, 6.45) is 1.48. The first-order valence-electron chi connectivity index (χ1n) is 7.75. The minimum atomic E-state index is -3.56. The summed E-state index contributed by atoms with van der Waals surface area (Å²) < 4.78 is 37.8. The maximum Gasteiger partial charge on any atom is 0.271 e. The average Bonchev–Trinajstić information content (AvgIpc) is 3.32. The monoisotopic (exact) mass is 389 g/mol. The van der Waals surface area contributed by atoms with Crippen molar-refractivity contribution in [2.45, 2.75) is 10.8 Å². The standard InChI is InChI=1S/C17H15N3O4S2/c21-26(22,17-2-1-7-25-17)20-13-4-6-16(19-10-13)18-9-12-3-5-14-15(8-12)24-11-23-14/h1-8,10,20H,9,11H2,(H,18,19). The van der Waals surface area contributed by atoms with Gasteiger partial charge in [0, 0.05) is 6.54 Å². The van der Waals surface area contributed by atoms with Gasteiger partial charge < -0.3 is 14.8 Å². The molecule has 7 nitrogen and oxygen atoms in total. The zero-order chi connectivity index (χ0) is 18.0. The Bertz CT molecular complexity index is 1000. The lowest BCUT2D eigenvalue weighted by molar-refractivity contribution is 0.174. The lowest BCUT2D eigenvalue weighted by Gasteiger charge is -2.09. The molecule has 2 aromatic heterocycles. The van der Waals surface area contributed by atoms with Crippen LogP contribution in [0, 0.1) is 0 Å². The topological polar surface area (TPSA) is 89.6 Å². The molecule has 1 aliphatic rings. The molecule has 2 N–H and O–H groups in total. The van der Waals surface area contributed by atoms with Gasteiger partial charge >= 0.3 is 0 Å². The van der Waals surface area contributed by atoms with E-state index in [1.54, 1.807) is 29.6 Å². The van der Waals surface area contributed by atoms with Gasteiger partial charge in [0.05, 0.1) is 11.9 Å². The number of sulfonamides is 1. The van der Waals surface area contributed by atoms with E-state index in [0.717, 1.165) is 28.4 Å². The van der Waals surface area contributed by atoms with Crippen molar-refractivity contribution in [3.63, 3.8) is 0 Å². The summed E-state index contributed by atoms with van der Waals surface area (Å²) in [5, 5.41) is 4.91. The molecule has 0 unspecified atom stereocenters. The first kappa shape index (κ1) is 16.7. The van der Waals surface area contributed by atoms with Crippen LogP contribution < -0.4 is 19.5 Å². The van der Waals surface area contributed by atoms with Crippen molar-refractivity contribution >= 4 is 32.9 Å². The van der Waals surface area contributed by atoms with E-state index in [4.69, 9.17) is 9.47 Å². The van der Waals surface area contributed by atoms with Crippen molar-refractivity contribution in [3.05, 3.63) is 59.6 Å². The first-order chi connectivity index (χ1) is 12.6. The molecule has 0 spiro atoms. The van der Waals surface area contributed by atoms with Crippen LogP contribution in [0.3, 0.4) is 0 Å². The Balaban J connectivity index is 1.39. The van der Waals surface area contributed by atoms with Crippen molar-refractivity contribution < 1.29 is 17.9 Å². The number of hydrogen-bond donors (Lipinski definition) is 2. The molecule has 3 aromatic rings. The molecule has 0 aliphatic carbocycles. The van der Waals surface area contributed by atoms with Crippen LogP contribution in [0.25, 0.3) is 0 Å². The number of rotatable bonds is 6. The number of hydrogen-bond acceptors (Lipinski definition) is 7. The van der Waals surface area contributed by atoms with Gasteiger partial charge in [-0.15, -0.1) is 11.3 Å². The van der Waals surface area contributed by atoms with Gasteiger partial charge in [0.25, 0.3) is 10.0 Å². The summed E-state index contributed by atoms with van der Waals surface area (Å²) in [5.41, 5.74) is 1.44. The van der Waals surface area contributed by atoms with Crippen LogP contribution in [0.1, 0.15) is 5.56 Å². The molecule has 1 aromatic carbocycles. The summed E-state index contributed by atoms with van der Waals surface area (Å²) in [4.78, 5) is 4.24. The van der Waals surface area contributed by atoms with Crippen molar-refractivity contribution in [1.29, 1.82) is 0 Å². The molecule has 0 radical (unpaired) electrons. The van der Waals surface area contributed by atoms with Crippen LogP contribution in [-0.2, 0) is 16.6 Å². The third-order valence-electron chi connectivity index (χ3n) is 3.69. The number of benzene rings is 1. The third kappa shape index (κ3) is 3.58. The van der Waals surface area contributed by atoms with Gasteiger partial charge in [-0.05, 0) is 41.3 Å². The fourth-order valence-electron chi connectivity index (χ4n) is 2.42. The molecule has 0 amide bonds. The smallest absolute Gasteiger partial charge is 0.271 e. The predicted octanol–water partition coefficient (Wildman–Crippen LogP) is 3.28. The maximum atomic E-state index is 12.2. The van der Waals surface area contributed by atoms with E-state index in [2.05, 4.69) is 15.0 Å². The van der Waals surface area contributed by atoms with Crippen LogP contribution >= 0.6 is 11.3 Å². The summed E-state index contributed by atoms with van der Waals surface area (Å²) in [5.74, 6) is 2.12. The molecule has 9 heteroatoms. The van der Waals surface area contributed by atoms with Crippen LogP contribution in [0.15, 0.2) is 58.3 Å². The molecule has 0 fully saturated rings. The summed E-state index contributed by atoms with van der Waals surface area (Å²) in [6, 6.07) is 12.4. The fraction of sp³-hybridized carbons (Fsp3) is 0.118. The van der Waals surface area contributed by atoms with E-state index in [1.165, 1.54) is 6.20 Å². The van der Waals surface area contributed by atoms with Gasteiger partial charge in [-0.25, -0.2) is 13.4 Å². The van der Waals surface area contributed by atoms with Gasteiger partial charge in [-0.1, -0.05) is 12.1 Å². The second kappa shape index (κ2) is 6.85. The molecule has 3 heterocycles. The van der Waals surface area contributed by atoms with Gasteiger partial charge in [0.2, 0.25) is 6.79 Å². The number of thiophene rings is 1. The zero-order valence-electron chi connectivity index (χ0n) is 13.5. The molecule has 4 rings (SSSR count). The van der Waals surface area contributed by atoms with Gasteiger partial charge in [0.15, 0.2) is 11.5 Å². The Morgan fingerprint density at radius 3 is 2.77 bits per heavy atom. The highest BCUT2D eigenvalue weighted by Crippen LogP contribution is 2.32. The number of aromatic nitrogens is 1. The highest BCUT2D eigenvalue weighted by molar-refractivity contribution is 7.94. The minimum Gasteiger partial charge on any atom is -0.454 e. The highest BCUT2D eigenvalue weighted by Gasteiger charge is 2.15. The highest BCUT2D eigenvalue weighted by atomic mass is 32.2. The summed E-state index contributed by atoms with van der Waals surface area (Å²) in [6.45, 7) is 0.806. The number of nitrogens with one attached hydrogen (secondary N) is 2. The Morgan fingerprint density at radius 2 is 2.00 bits per heavy atom. The van der Waals surface area contributed by atoms with Crippen molar-refractivity contribution in [2.75, 3.05) is 16.8 Å². The maximum absolute atomic E-state index is 12.2. The van der Waals surface area contributed by atoms with E-state index < -0.39 is 10.0 Å². The zero-order valence-corrected chi connectivity index (χ0v) is 15.1. The molecule has 0 saturated carbocycles. The molecular formula is C17H15N3O4S2. The number of anilines is 2. The Labute approximate surface area is 154 Å². The molecule has 0 saturated heterocycles. The van der Waals surface area contributed by atoms with Crippen LogP contribution in [-0.4, -0.2) is 20.2 Å². The number of ether oxygens (including phenoxy) is 2. The number of nitrogens with zero attached hydrogens (tertiary/aromatic N) is 1. The molecule has 0 atom stereocenters. The quantitative estimate of drug-likeness (QED) is 0.672. The second-order valence-corrected chi connectivity index (χ2v) is 8.37. The fourth-order valence-corrected chi connectivity index (χ4v) is 4.46. The van der Waals surface area contributed by atoms with E-state index >= 15 is 0 Å². The second-order valence-electron chi connectivity index (χ2n) is 5.51. The van der Waals surface area contributed by atoms with Crippen molar-refractivity contribution in [1.82, 2.24) is 4.98 Å². The molecular weight excluding hydrogens is 374 g/mol. The van der Waals surface area contributed by atoms with Crippen LogP contribution in [0.4, 0.5) is 11.5 Å². The molecule has 1 aliphatic heterocycles. The van der Waals surface area contributed by atoms with Gasteiger partial charge in [-0.3, -0.25) is 4.72 Å². The third-order valence-corrected chi connectivity index (χ3v) is 6.47. The SMILES string of the molecule is O=S(=O)(Nc1ccc(NCc2ccc3c(c2)OCO3)nc1)c1cccs1. The summed E-state index contributed by atoms with van der Waals surface area (Å²) >= 11 is 1.16. The van der Waals surface area contributed by atoms with Crippen molar-refractivity contribution in [3.8, 4) is 11.5 Å². The predicted molar refractivity (Wildman–Crippen MR) is 99.3 cm³/mol. The van der Waals surface area contributed by atoms with Crippen LogP contribution in [0.5, 0.6) is 11.5 Å².